The number of carbonyl (C=O) groups is 2. The molecule has 6 heteroatoms. The van der Waals surface area contributed by atoms with Crippen molar-refractivity contribution in [2.45, 2.75) is 71.0 Å². The molecule has 5 nitrogen and oxygen atoms in total. The van der Waals surface area contributed by atoms with Crippen molar-refractivity contribution in [1.82, 2.24) is 10.2 Å². The molecular weight excluding hydrogens is 468 g/mol. The number of benzene rings is 2. The van der Waals surface area contributed by atoms with Crippen LogP contribution in [0.3, 0.4) is 0 Å². The molecule has 1 saturated carbocycles. The number of aryl methyl sites for hydroxylation is 1. The van der Waals surface area contributed by atoms with Gasteiger partial charge in [-0.1, -0.05) is 71.9 Å². The molecule has 0 aromatic heterocycles. The number of carbonyl (C=O) groups excluding carboxylic acids is 2. The average Bonchev–Trinajstić information content (AvgIpc) is 2.79. The van der Waals surface area contributed by atoms with E-state index >= 15 is 0 Å². The second kappa shape index (κ2) is 12.0. The Morgan fingerprint density at radius 3 is 2.50 bits per heavy atom. The molecule has 2 aromatic rings. The number of nitrogens with zero attached hydrogens (tertiary/aromatic N) is 1. The summed E-state index contributed by atoms with van der Waals surface area (Å²) in [5, 5.41) is 3.20. The van der Waals surface area contributed by atoms with E-state index in [1.165, 1.54) is 6.42 Å². The summed E-state index contributed by atoms with van der Waals surface area (Å²) in [6.07, 6.45) is 6.11. The molecular formula is C26H33BrN2O3. The van der Waals surface area contributed by atoms with Crippen molar-refractivity contribution in [3.63, 3.8) is 0 Å². The van der Waals surface area contributed by atoms with Crippen LogP contribution in [0.1, 0.15) is 56.6 Å². The van der Waals surface area contributed by atoms with E-state index in [1.54, 1.807) is 4.90 Å². The maximum Gasteiger partial charge on any atom is 0.261 e. The van der Waals surface area contributed by atoms with Gasteiger partial charge in [0.2, 0.25) is 5.91 Å². The van der Waals surface area contributed by atoms with Crippen LogP contribution in [0.2, 0.25) is 0 Å². The number of nitrogens with one attached hydrogen (secondary N) is 1. The third kappa shape index (κ3) is 7.09. The van der Waals surface area contributed by atoms with Gasteiger partial charge in [-0.05, 0) is 56.0 Å². The highest BCUT2D eigenvalue weighted by molar-refractivity contribution is 9.10. The van der Waals surface area contributed by atoms with Gasteiger partial charge >= 0.3 is 0 Å². The summed E-state index contributed by atoms with van der Waals surface area (Å²) in [6.45, 7) is 4.25. The van der Waals surface area contributed by atoms with Gasteiger partial charge in [0, 0.05) is 17.1 Å². The highest BCUT2D eigenvalue weighted by Crippen LogP contribution is 2.20. The molecule has 3 rings (SSSR count). The van der Waals surface area contributed by atoms with Crippen molar-refractivity contribution in [1.29, 1.82) is 0 Å². The molecule has 1 aliphatic carbocycles. The molecule has 1 aliphatic rings. The Kier molecular flexibility index (Phi) is 9.15. The number of rotatable bonds is 9. The number of hydrogen-bond donors (Lipinski definition) is 1. The molecule has 172 valence electrons. The standard InChI is InChI=1S/C26H33BrN2O3/c1-3-24(26(31)28-22-10-5-4-6-11-22)29(17-20-9-7-8-19(2)16-20)25(30)18-32-23-14-12-21(27)13-15-23/h7-9,12-16,22,24H,3-6,10-11,17-18H2,1-2H3,(H,28,31). The van der Waals surface area contributed by atoms with Crippen LogP contribution in [0.5, 0.6) is 5.75 Å². The average molecular weight is 501 g/mol. The van der Waals surface area contributed by atoms with Crippen LogP contribution in [0.25, 0.3) is 0 Å². The molecule has 0 heterocycles. The molecule has 1 N–H and O–H groups in total. The van der Waals surface area contributed by atoms with Crippen LogP contribution in [0, 0.1) is 6.92 Å². The van der Waals surface area contributed by atoms with Crippen LogP contribution in [0.4, 0.5) is 0 Å². The van der Waals surface area contributed by atoms with Crippen LogP contribution in [-0.2, 0) is 16.1 Å². The van der Waals surface area contributed by atoms with Crippen LogP contribution in [0.15, 0.2) is 53.0 Å². The molecule has 2 amide bonds. The van der Waals surface area contributed by atoms with E-state index in [1.807, 2.05) is 56.3 Å². The molecule has 0 aliphatic heterocycles. The highest BCUT2D eigenvalue weighted by atomic mass is 79.9. The zero-order valence-electron chi connectivity index (χ0n) is 19.0. The lowest BCUT2D eigenvalue weighted by atomic mass is 9.95. The first-order chi connectivity index (χ1) is 15.5. The summed E-state index contributed by atoms with van der Waals surface area (Å²) in [6, 6.07) is 15.1. The minimum Gasteiger partial charge on any atom is -0.484 e. The first-order valence-electron chi connectivity index (χ1n) is 11.5. The van der Waals surface area contributed by atoms with Crippen LogP contribution >= 0.6 is 15.9 Å². The second-order valence-corrected chi connectivity index (χ2v) is 9.44. The number of ether oxygens (including phenoxy) is 1. The lowest BCUT2D eigenvalue weighted by Crippen LogP contribution is -2.52. The minimum absolute atomic E-state index is 0.0657. The SMILES string of the molecule is CCC(C(=O)NC1CCCCC1)N(Cc1cccc(C)c1)C(=O)COc1ccc(Br)cc1. The minimum atomic E-state index is -0.529. The third-order valence-electron chi connectivity index (χ3n) is 5.95. The van der Waals surface area contributed by atoms with Gasteiger partial charge in [0.25, 0.3) is 5.91 Å². The molecule has 1 fully saturated rings. The number of amides is 2. The number of hydrogen-bond acceptors (Lipinski definition) is 3. The van der Waals surface area contributed by atoms with Crippen molar-refractivity contribution in [2.75, 3.05) is 6.61 Å². The largest absolute Gasteiger partial charge is 0.484 e. The summed E-state index contributed by atoms with van der Waals surface area (Å²) in [7, 11) is 0. The van der Waals surface area contributed by atoms with E-state index in [2.05, 4.69) is 27.3 Å². The van der Waals surface area contributed by atoms with Crippen LogP contribution < -0.4 is 10.1 Å². The zero-order chi connectivity index (χ0) is 22.9. The monoisotopic (exact) mass is 500 g/mol. The maximum absolute atomic E-state index is 13.3. The Hall–Kier alpha value is -2.34. The van der Waals surface area contributed by atoms with Crippen molar-refractivity contribution in [2.24, 2.45) is 0 Å². The van der Waals surface area contributed by atoms with E-state index in [-0.39, 0.29) is 24.5 Å². The molecule has 0 spiro atoms. The van der Waals surface area contributed by atoms with Gasteiger partial charge in [-0.3, -0.25) is 9.59 Å². The smallest absolute Gasteiger partial charge is 0.261 e. The Balaban J connectivity index is 1.74. The summed E-state index contributed by atoms with van der Waals surface area (Å²) in [5.41, 5.74) is 2.13. The van der Waals surface area contributed by atoms with Crippen molar-refractivity contribution in [3.05, 3.63) is 64.1 Å². The molecule has 32 heavy (non-hydrogen) atoms. The Labute approximate surface area is 199 Å². The summed E-state index contributed by atoms with van der Waals surface area (Å²) in [5.74, 6) is 0.362. The lowest BCUT2D eigenvalue weighted by Gasteiger charge is -2.32. The van der Waals surface area contributed by atoms with E-state index in [0.29, 0.717) is 18.7 Å². The fraction of sp³-hybridized carbons (Fsp3) is 0.462. The number of halogens is 1. The third-order valence-corrected chi connectivity index (χ3v) is 6.48. The summed E-state index contributed by atoms with van der Waals surface area (Å²) in [4.78, 5) is 28.2. The first-order valence-corrected chi connectivity index (χ1v) is 12.3. The van der Waals surface area contributed by atoms with Gasteiger partial charge in [0.1, 0.15) is 11.8 Å². The maximum atomic E-state index is 13.3. The predicted octanol–water partition coefficient (Wildman–Crippen LogP) is 5.39. The second-order valence-electron chi connectivity index (χ2n) is 8.52. The van der Waals surface area contributed by atoms with Gasteiger partial charge < -0.3 is 15.0 Å². The summed E-state index contributed by atoms with van der Waals surface area (Å²) >= 11 is 3.40. The fourth-order valence-electron chi connectivity index (χ4n) is 4.23. The van der Waals surface area contributed by atoms with Crippen LogP contribution in [-0.4, -0.2) is 35.4 Å². The highest BCUT2D eigenvalue weighted by Gasteiger charge is 2.30. The lowest BCUT2D eigenvalue weighted by molar-refractivity contribution is -0.143. The molecule has 2 aromatic carbocycles. The van der Waals surface area contributed by atoms with E-state index in [4.69, 9.17) is 4.74 Å². The van der Waals surface area contributed by atoms with Gasteiger partial charge in [0.15, 0.2) is 6.61 Å². The van der Waals surface area contributed by atoms with Gasteiger partial charge in [-0.15, -0.1) is 0 Å². The van der Waals surface area contributed by atoms with E-state index in [9.17, 15) is 9.59 Å². The molecule has 1 atom stereocenters. The molecule has 0 saturated heterocycles. The zero-order valence-corrected chi connectivity index (χ0v) is 20.6. The predicted molar refractivity (Wildman–Crippen MR) is 130 cm³/mol. The van der Waals surface area contributed by atoms with Crippen molar-refractivity contribution >= 4 is 27.7 Å². The van der Waals surface area contributed by atoms with E-state index in [0.717, 1.165) is 41.3 Å². The Bertz CT molecular complexity index is 894. The molecule has 1 unspecified atom stereocenters. The first kappa shape index (κ1) is 24.3. The van der Waals surface area contributed by atoms with Crippen molar-refractivity contribution in [3.8, 4) is 5.75 Å². The fourth-order valence-corrected chi connectivity index (χ4v) is 4.49. The molecule has 0 radical (unpaired) electrons. The Morgan fingerprint density at radius 1 is 1.12 bits per heavy atom. The molecule has 0 bridgehead atoms. The van der Waals surface area contributed by atoms with Gasteiger partial charge in [-0.25, -0.2) is 0 Å². The van der Waals surface area contributed by atoms with Gasteiger partial charge in [-0.2, -0.15) is 0 Å². The quantitative estimate of drug-likeness (QED) is 0.501. The Morgan fingerprint density at radius 2 is 1.84 bits per heavy atom. The van der Waals surface area contributed by atoms with E-state index < -0.39 is 6.04 Å². The summed E-state index contributed by atoms with van der Waals surface area (Å²) < 4.78 is 6.69. The van der Waals surface area contributed by atoms with Gasteiger partial charge in [0.05, 0.1) is 0 Å². The normalized spacial score (nSPS) is 15.1. The van der Waals surface area contributed by atoms with Crippen molar-refractivity contribution < 1.29 is 14.3 Å². The topological polar surface area (TPSA) is 58.6 Å².